The number of alkyl halides is 2. The molecule has 2 fully saturated rings. The summed E-state index contributed by atoms with van der Waals surface area (Å²) in [6.45, 7) is 2.62. The van der Waals surface area contributed by atoms with Gasteiger partial charge in [-0.05, 0) is 47.1 Å². The number of nitrogens with zero attached hydrogens (tertiary/aromatic N) is 2. The van der Waals surface area contributed by atoms with Gasteiger partial charge in [0.15, 0.2) is 0 Å². The van der Waals surface area contributed by atoms with E-state index in [-0.39, 0.29) is 6.61 Å². The molecule has 3 unspecified atom stereocenters. The predicted octanol–water partition coefficient (Wildman–Crippen LogP) is 3.87. The molecule has 1 saturated carbocycles. The maximum absolute atomic E-state index is 13.4. The minimum Gasteiger partial charge on any atom is -0.462 e. The van der Waals surface area contributed by atoms with Crippen molar-refractivity contribution in [1.29, 1.82) is 0 Å². The molecule has 2 aromatic heterocycles. The topological polar surface area (TPSA) is 62.7 Å². The van der Waals surface area contributed by atoms with Crippen molar-refractivity contribution in [2.24, 2.45) is 11.8 Å². The first-order valence-corrected chi connectivity index (χ1v) is 10.2. The fourth-order valence-corrected chi connectivity index (χ4v) is 4.91. The number of anilines is 1. The number of carbonyl (C=O) groups excluding carboxylic acids is 1. The van der Waals surface area contributed by atoms with Gasteiger partial charge in [-0.1, -0.05) is 0 Å². The van der Waals surface area contributed by atoms with E-state index in [0.29, 0.717) is 38.8 Å². The van der Waals surface area contributed by atoms with Crippen LogP contribution in [0.5, 0.6) is 0 Å². The monoisotopic (exact) mass is 458 g/mol. The van der Waals surface area contributed by atoms with Crippen molar-refractivity contribution in [2.45, 2.75) is 19.0 Å². The number of hydrogen-bond acceptors (Lipinski definition) is 6. The Morgan fingerprint density at radius 2 is 2.11 bits per heavy atom. The minimum absolute atomic E-state index is 0.287. The highest BCUT2D eigenvalue weighted by atomic mass is 79.9. The van der Waals surface area contributed by atoms with E-state index in [9.17, 15) is 18.7 Å². The zero-order valence-corrected chi connectivity index (χ0v) is 16.8. The number of esters is 1. The molecule has 1 aliphatic heterocycles. The Balaban J connectivity index is 1.49. The van der Waals surface area contributed by atoms with Gasteiger partial charge in [0.2, 0.25) is 0 Å². The lowest BCUT2D eigenvalue weighted by atomic mass is 10.1. The molecular weight excluding hydrogens is 442 g/mol. The van der Waals surface area contributed by atoms with E-state index in [1.165, 1.54) is 0 Å². The van der Waals surface area contributed by atoms with Crippen LogP contribution < -0.4 is 4.90 Å². The number of aliphatic hydroxyl groups is 1. The Hall–Kier alpha value is -1.58. The highest BCUT2D eigenvalue weighted by Crippen LogP contribution is 2.59. The normalized spacial score (nSPS) is 23.8. The first-order valence-electron chi connectivity index (χ1n) is 8.57. The number of fused-ring (bicyclic) bond motifs is 1. The molecule has 0 bridgehead atoms. The molecule has 3 atom stereocenters. The standard InChI is InChI=1S/C18H17BrF2N2O3S/c1-2-26-17(25)13-5-4-12(27-13)15(24)9-3-6-14(22-16(9)19)23-7-10-11(8-23)18(10,20)21/h3-6,10-11,15,24H,2,7-8H2,1H3. The van der Waals surface area contributed by atoms with Crippen LogP contribution in [0.3, 0.4) is 0 Å². The highest BCUT2D eigenvalue weighted by molar-refractivity contribution is 9.10. The van der Waals surface area contributed by atoms with Crippen LogP contribution >= 0.6 is 27.3 Å². The van der Waals surface area contributed by atoms with Gasteiger partial charge >= 0.3 is 5.97 Å². The number of aliphatic hydroxyl groups excluding tert-OH is 1. The van der Waals surface area contributed by atoms with E-state index in [2.05, 4.69) is 20.9 Å². The molecule has 5 nitrogen and oxygen atoms in total. The van der Waals surface area contributed by atoms with Gasteiger partial charge in [0.25, 0.3) is 5.92 Å². The van der Waals surface area contributed by atoms with Crippen molar-refractivity contribution in [3.8, 4) is 0 Å². The summed E-state index contributed by atoms with van der Waals surface area (Å²) in [5.41, 5.74) is 0.547. The summed E-state index contributed by atoms with van der Waals surface area (Å²) in [6.07, 6.45) is -0.953. The van der Waals surface area contributed by atoms with Crippen molar-refractivity contribution in [2.75, 3.05) is 24.6 Å². The molecule has 1 N–H and O–H groups in total. The minimum atomic E-state index is -2.53. The Morgan fingerprint density at radius 3 is 2.74 bits per heavy atom. The van der Waals surface area contributed by atoms with Crippen LogP contribution in [0.15, 0.2) is 28.9 Å². The Bertz CT molecular complexity index is 877. The lowest BCUT2D eigenvalue weighted by Crippen LogP contribution is -2.28. The summed E-state index contributed by atoms with van der Waals surface area (Å²) in [4.78, 5) is 19.1. The first kappa shape index (κ1) is 18.8. The van der Waals surface area contributed by atoms with Gasteiger partial charge in [-0.15, -0.1) is 11.3 Å². The quantitative estimate of drug-likeness (QED) is 0.544. The summed E-state index contributed by atoms with van der Waals surface area (Å²) in [7, 11) is 0. The van der Waals surface area contributed by atoms with E-state index in [1.54, 1.807) is 31.2 Å². The molecule has 0 spiro atoms. The van der Waals surface area contributed by atoms with Crippen LogP contribution in [0, 0.1) is 11.8 Å². The molecule has 144 valence electrons. The first-order chi connectivity index (χ1) is 12.8. The molecule has 27 heavy (non-hydrogen) atoms. The van der Waals surface area contributed by atoms with E-state index < -0.39 is 29.8 Å². The number of pyridine rings is 1. The number of hydrogen-bond donors (Lipinski definition) is 1. The summed E-state index contributed by atoms with van der Waals surface area (Å²) >= 11 is 4.53. The van der Waals surface area contributed by atoms with E-state index >= 15 is 0 Å². The van der Waals surface area contributed by atoms with Crippen LogP contribution in [-0.2, 0) is 4.74 Å². The van der Waals surface area contributed by atoms with Gasteiger partial charge < -0.3 is 14.7 Å². The van der Waals surface area contributed by atoms with E-state index in [0.717, 1.165) is 11.3 Å². The number of halogens is 3. The lowest BCUT2D eigenvalue weighted by Gasteiger charge is -2.22. The summed E-state index contributed by atoms with van der Waals surface area (Å²) in [5.74, 6) is -3.48. The maximum atomic E-state index is 13.4. The van der Waals surface area contributed by atoms with Gasteiger partial charge in [0, 0.05) is 23.5 Å². The zero-order chi connectivity index (χ0) is 19.3. The average molecular weight is 459 g/mol. The van der Waals surface area contributed by atoms with Gasteiger partial charge in [-0.3, -0.25) is 0 Å². The van der Waals surface area contributed by atoms with E-state index in [1.807, 2.05) is 4.90 Å². The van der Waals surface area contributed by atoms with Crippen molar-refractivity contribution >= 4 is 39.1 Å². The number of ether oxygens (including phenoxy) is 1. The van der Waals surface area contributed by atoms with Gasteiger partial charge in [-0.25, -0.2) is 18.6 Å². The third-order valence-electron chi connectivity index (χ3n) is 5.05. The molecule has 0 amide bonds. The van der Waals surface area contributed by atoms with Crippen LogP contribution in [0.1, 0.15) is 33.1 Å². The Labute approximate surface area is 167 Å². The number of carbonyl (C=O) groups is 1. The van der Waals surface area contributed by atoms with Gasteiger partial charge in [0.05, 0.1) is 18.4 Å². The third-order valence-corrected chi connectivity index (χ3v) is 6.81. The van der Waals surface area contributed by atoms with Crippen LogP contribution in [0.25, 0.3) is 0 Å². The molecule has 2 aromatic rings. The second-order valence-electron chi connectivity index (χ2n) is 6.67. The molecule has 1 saturated heterocycles. The number of aromatic nitrogens is 1. The fourth-order valence-electron chi connectivity index (χ4n) is 3.48. The van der Waals surface area contributed by atoms with Crippen LogP contribution in [0.2, 0.25) is 0 Å². The van der Waals surface area contributed by atoms with Crippen molar-refractivity contribution in [3.63, 3.8) is 0 Å². The lowest BCUT2D eigenvalue weighted by molar-refractivity contribution is 0.0532. The molecule has 9 heteroatoms. The van der Waals surface area contributed by atoms with E-state index in [4.69, 9.17) is 4.74 Å². The summed E-state index contributed by atoms with van der Waals surface area (Å²) < 4.78 is 32.1. The maximum Gasteiger partial charge on any atom is 0.348 e. The van der Waals surface area contributed by atoms with Crippen molar-refractivity contribution < 1.29 is 23.4 Å². The molecule has 3 heterocycles. The largest absolute Gasteiger partial charge is 0.462 e. The predicted molar refractivity (Wildman–Crippen MR) is 100 cm³/mol. The Morgan fingerprint density at radius 1 is 1.41 bits per heavy atom. The second-order valence-corrected chi connectivity index (χ2v) is 8.53. The summed E-state index contributed by atoms with van der Waals surface area (Å²) in [5, 5.41) is 10.6. The molecular formula is C18H17BrF2N2O3S. The zero-order valence-electron chi connectivity index (χ0n) is 14.4. The van der Waals surface area contributed by atoms with Crippen molar-refractivity contribution in [3.05, 3.63) is 44.2 Å². The highest BCUT2D eigenvalue weighted by Gasteiger charge is 2.71. The molecule has 1 aliphatic carbocycles. The third kappa shape index (κ3) is 3.25. The van der Waals surface area contributed by atoms with Gasteiger partial charge in [-0.2, -0.15) is 0 Å². The fraction of sp³-hybridized carbons (Fsp3) is 0.444. The molecule has 4 rings (SSSR count). The summed E-state index contributed by atoms with van der Waals surface area (Å²) in [6, 6.07) is 6.75. The van der Waals surface area contributed by atoms with Gasteiger partial charge in [0.1, 0.15) is 21.4 Å². The van der Waals surface area contributed by atoms with Crippen molar-refractivity contribution in [1.82, 2.24) is 4.98 Å². The molecule has 0 radical (unpaired) electrons. The van der Waals surface area contributed by atoms with Crippen LogP contribution in [0.4, 0.5) is 14.6 Å². The Kier molecular flexibility index (Phi) is 4.72. The number of rotatable bonds is 5. The van der Waals surface area contributed by atoms with Crippen LogP contribution in [-0.4, -0.2) is 41.7 Å². The second kappa shape index (κ2) is 6.79. The smallest absolute Gasteiger partial charge is 0.348 e. The molecule has 0 aromatic carbocycles. The SMILES string of the molecule is CCOC(=O)c1ccc(C(O)c2ccc(N3CC4C(C3)C4(F)F)nc2Br)s1. The number of piperidine rings is 1. The number of thiophene rings is 1. The average Bonchev–Trinajstić information content (AvgIpc) is 3.11. The molecule has 2 aliphatic rings.